The molecule has 1 N–H and O–H groups in total. The Hall–Kier alpha value is -2.04. The van der Waals surface area contributed by atoms with E-state index in [0.717, 1.165) is 5.56 Å². The van der Waals surface area contributed by atoms with E-state index in [1.165, 1.54) is 0 Å². The molecule has 0 bridgehead atoms. The molecule has 0 spiro atoms. The van der Waals surface area contributed by atoms with Crippen LogP contribution < -0.4 is 5.32 Å². The standard InChI is InChI=1S/C21H24Cl2N2O2/c1-3-19(21(27)24-2)25(13-12-15-8-5-4-6-9-15)20(26)14-16-17(22)10-7-11-18(16)23/h4-11,19H,3,12-14H2,1-2H3,(H,24,27)/t19-/m0/s1. The highest BCUT2D eigenvalue weighted by Gasteiger charge is 2.28. The van der Waals surface area contributed by atoms with E-state index < -0.39 is 6.04 Å². The van der Waals surface area contributed by atoms with E-state index in [9.17, 15) is 9.59 Å². The first-order valence-corrected chi connectivity index (χ1v) is 9.71. The largest absolute Gasteiger partial charge is 0.357 e. The molecule has 2 amide bonds. The average molecular weight is 407 g/mol. The maximum absolute atomic E-state index is 13.1. The van der Waals surface area contributed by atoms with E-state index in [1.54, 1.807) is 30.1 Å². The van der Waals surface area contributed by atoms with Crippen molar-refractivity contribution in [2.24, 2.45) is 0 Å². The minimum atomic E-state index is -0.535. The van der Waals surface area contributed by atoms with Gasteiger partial charge in [0.1, 0.15) is 6.04 Å². The number of rotatable bonds is 8. The lowest BCUT2D eigenvalue weighted by Crippen LogP contribution is -2.49. The van der Waals surface area contributed by atoms with Gasteiger partial charge in [-0.25, -0.2) is 0 Å². The van der Waals surface area contributed by atoms with E-state index in [-0.39, 0.29) is 18.2 Å². The van der Waals surface area contributed by atoms with Crippen LogP contribution in [-0.4, -0.2) is 36.3 Å². The lowest BCUT2D eigenvalue weighted by atomic mass is 10.1. The van der Waals surface area contributed by atoms with Crippen molar-refractivity contribution < 1.29 is 9.59 Å². The van der Waals surface area contributed by atoms with Gasteiger partial charge in [0.25, 0.3) is 0 Å². The first kappa shape index (κ1) is 21.3. The normalized spacial score (nSPS) is 11.7. The van der Waals surface area contributed by atoms with Crippen molar-refractivity contribution in [3.63, 3.8) is 0 Å². The number of halogens is 2. The van der Waals surface area contributed by atoms with Gasteiger partial charge in [-0.15, -0.1) is 0 Å². The highest BCUT2D eigenvalue weighted by molar-refractivity contribution is 6.36. The van der Waals surface area contributed by atoms with E-state index >= 15 is 0 Å². The SMILES string of the molecule is CC[C@@H](C(=O)NC)N(CCc1ccccc1)C(=O)Cc1c(Cl)cccc1Cl. The highest BCUT2D eigenvalue weighted by Crippen LogP contribution is 2.25. The molecule has 0 unspecified atom stereocenters. The van der Waals surface area contributed by atoms with Crippen LogP contribution in [0.2, 0.25) is 10.0 Å². The van der Waals surface area contributed by atoms with Crippen molar-refractivity contribution in [3.05, 3.63) is 69.7 Å². The van der Waals surface area contributed by atoms with Gasteiger partial charge in [-0.05, 0) is 36.1 Å². The molecule has 0 heterocycles. The Bertz CT molecular complexity index is 761. The number of nitrogens with zero attached hydrogens (tertiary/aromatic N) is 1. The zero-order valence-electron chi connectivity index (χ0n) is 15.5. The van der Waals surface area contributed by atoms with Gasteiger partial charge < -0.3 is 10.2 Å². The van der Waals surface area contributed by atoms with Gasteiger partial charge in [-0.3, -0.25) is 9.59 Å². The summed E-state index contributed by atoms with van der Waals surface area (Å²) in [5.74, 6) is -0.347. The van der Waals surface area contributed by atoms with E-state index in [0.29, 0.717) is 35.0 Å². The molecule has 0 saturated carbocycles. The second-order valence-corrected chi connectivity index (χ2v) is 7.05. The molecule has 6 heteroatoms. The van der Waals surface area contributed by atoms with Gasteiger partial charge in [0.2, 0.25) is 11.8 Å². The molecule has 0 aliphatic rings. The molecule has 0 aliphatic heterocycles. The van der Waals surface area contributed by atoms with Gasteiger partial charge in [0.15, 0.2) is 0 Å². The molecule has 4 nitrogen and oxygen atoms in total. The summed E-state index contributed by atoms with van der Waals surface area (Å²) in [4.78, 5) is 27.0. The molecular weight excluding hydrogens is 383 g/mol. The maximum Gasteiger partial charge on any atom is 0.242 e. The molecule has 0 saturated heterocycles. The summed E-state index contributed by atoms with van der Waals surface area (Å²) in [6.45, 7) is 2.34. The van der Waals surface area contributed by atoms with E-state index in [2.05, 4.69) is 5.32 Å². The van der Waals surface area contributed by atoms with Crippen LogP contribution in [-0.2, 0) is 22.4 Å². The first-order chi connectivity index (χ1) is 13.0. The zero-order chi connectivity index (χ0) is 19.8. The van der Waals surface area contributed by atoms with Crippen LogP contribution in [0.1, 0.15) is 24.5 Å². The quantitative estimate of drug-likeness (QED) is 0.716. The fraction of sp³-hybridized carbons (Fsp3) is 0.333. The summed E-state index contributed by atoms with van der Waals surface area (Å²) in [6.07, 6.45) is 1.24. The van der Waals surface area contributed by atoms with Crippen LogP contribution in [0.4, 0.5) is 0 Å². The van der Waals surface area contributed by atoms with Crippen LogP contribution in [0.15, 0.2) is 48.5 Å². The third-order valence-electron chi connectivity index (χ3n) is 4.51. The highest BCUT2D eigenvalue weighted by atomic mass is 35.5. The third-order valence-corrected chi connectivity index (χ3v) is 5.21. The Morgan fingerprint density at radius 3 is 2.22 bits per heavy atom. The molecular formula is C21H24Cl2N2O2. The fourth-order valence-corrected chi connectivity index (χ4v) is 3.55. The monoisotopic (exact) mass is 406 g/mol. The number of carbonyl (C=O) groups is 2. The van der Waals surface area contributed by atoms with E-state index in [4.69, 9.17) is 23.2 Å². The number of nitrogens with one attached hydrogen (secondary N) is 1. The van der Waals surface area contributed by atoms with Crippen molar-refractivity contribution in [1.82, 2.24) is 10.2 Å². The topological polar surface area (TPSA) is 49.4 Å². The maximum atomic E-state index is 13.1. The van der Waals surface area contributed by atoms with Crippen molar-refractivity contribution in [2.75, 3.05) is 13.6 Å². The van der Waals surface area contributed by atoms with Gasteiger partial charge >= 0.3 is 0 Å². The number of likely N-dealkylation sites (N-methyl/N-ethyl adjacent to an activating group) is 1. The summed E-state index contributed by atoms with van der Waals surface area (Å²) < 4.78 is 0. The van der Waals surface area contributed by atoms with Crippen molar-refractivity contribution in [1.29, 1.82) is 0 Å². The van der Waals surface area contributed by atoms with Crippen molar-refractivity contribution in [2.45, 2.75) is 32.2 Å². The third kappa shape index (κ3) is 5.72. The number of carbonyl (C=O) groups excluding carboxylic acids is 2. The smallest absolute Gasteiger partial charge is 0.242 e. The molecule has 2 aromatic carbocycles. The first-order valence-electron chi connectivity index (χ1n) is 8.95. The van der Waals surface area contributed by atoms with E-state index in [1.807, 2.05) is 37.3 Å². The van der Waals surface area contributed by atoms with Crippen LogP contribution in [0.3, 0.4) is 0 Å². The summed E-state index contributed by atoms with van der Waals surface area (Å²) in [6, 6.07) is 14.5. The molecule has 0 aromatic heterocycles. The summed E-state index contributed by atoms with van der Waals surface area (Å²) in [7, 11) is 1.58. The predicted molar refractivity (Wildman–Crippen MR) is 110 cm³/mol. The molecule has 2 aromatic rings. The summed E-state index contributed by atoms with van der Waals surface area (Å²) >= 11 is 12.4. The van der Waals surface area contributed by atoms with Crippen LogP contribution in [0.5, 0.6) is 0 Å². The number of amides is 2. The second kappa shape index (κ2) is 10.3. The van der Waals surface area contributed by atoms with Gasteiger partial charge in [-0.2, -0.15) is 0 Å². The van der Waals surface area contributed by atoms with Crippen molar-refractivity contribution >= 4 is 35.0 Å². The molecule has 1 atom stereocenters. The van der Waals surface area contributed by atoms with Crippen LogP contribution in [0.25, 0.3) is 0 Å². The Balaban J connectivity index is 2.24. The average Bonchev–Trinajstić information content (AvgIpc) is 2.68. The van der Waals surface area contributed by atoms with Crippen LogP contribution in [0, 0.1) is 0 Å². The van der Waals surface area contributed by atoms with Crippen LogP contribution >= 0.6 is 23.2 Å². The molecule has 0 aliphatic carbocycles. The summed E-state index contributed by atoms with van der Waals surface area (Å²) in [5, 5.41) is 3.55. The minimum absolute atomic E-state index is 0.0563. The number of hydrogen-bond donors (Lipinski definition) is 1. The second-order valence-electron chi connectivity index (χ2n) is 6.24. The molecule has 144 valence electrons. The number of hydrogen-bond acceptors (Lipinski definition) is 2. The molecule has 0 radical (unpaired) electrons. The van der Waals surface area contributed by atoms with Gasteiger partial charge in [-0.1, -0.05) is 66.5 Å². The number of benzene rings is 2. The Kier molecular flexibility index (Phi) is 8.14. The Labute approximate surface area is 170 Å². The zero-order valence-corrected chi connectivity index (χ0v) is 17.1. The molecule has 2 rings (SSSR count). The summed E-state index contributed by atoms with van der Waals surface area (Å²) in [5.41, 5.74) is 1.69. The fourth-order valence-electron chi connectivity index (χ4n) is 3.02. The van der Waals surface area contributed by atoms with Crippen molar-refractivity contribution in [3.8, 4) is 0 Å². The molecule has 27 heavy (non-hydrogen) atoms. The predicted octanol–water partition coefficient (Wildman–Crippen LogP) is 4.13. The van der Waals surface area contributed by atoms with Gasteiger partial charge in [0, 0.05) is 23.6 Å². The minimum Gasteiger partial charge on any atom is -0.357 e. The van der Waals surface area contributed by atoms with Gasteiger partial charge in [0.05, 0.1) is 6.42 Å². The Morgan fingerprint density at radius 1 is 1.04 bits per heavy atom. The lowest BCUT2D eigenvalue weighted by molar-refractivity contribution is -0.140. The lowest BCUT2D eigenvalue weighted by Gasteiger charge is -2.30. The Morgan fingerprint density at radius 2 is 1.67 bits per heavy atom. The molecule has 0 fully saturated rings.